The largest absolute Gasteiger partial charge is 0.480 e. The zero-order valence-corrected chi connectivity index (χ0v) is 9.58. The van der Waals surface area contributed by atoms with Crippen LogP contribution in [0, 0.1) is 0 Å². The highest BCUT2D eigenvalue weighted by Gasteiger charge is 2.18. The lowest BCUT2D eigenvalue weighted by Crippen LogP contribution is -2.31. The summed E-state index contributed by atoms with van der Waals surface area (Å²) in [7, 11) is 0. The van der Waals surface area contributed by atoms with E-state index < -0.39 is 5.97 Å². The molecule has 1 aliphatic rings. The molecular weight excluding hydrogens is 230 g/mol. The molecule has 0 amide bonds. The van der Waals surface area contributed by atoms with Crippen LogP contribution >= 0.6 is 0 Å². The van der Waals surface area contributed by atoms with E-state index in [1.165, 1.54) is 0 Å². The van der Waals surface area contributed by atoms with Gasteiger partial charge in [-0.25, -0.2) is 0 Å². The molecule has 1 N–H and O–H groups in total. The van der Waals surface area contributed by atoms with Crippen LogP contribution in [0.4, 0.5) is 5.69 Å². The van der Waals surface area contributed by atoms with Gasteiger partial charge in [-0.05, 0) is 12.1 Å². The smallest absolute Gasteiger partial charge is 0.323 e. The van der Waals surface area contributed by atoms with Gasteiger partial charge in [-0.15, -0.1) is 0 Å². The summed E-state index contributed by atoms with van der Waals surface area (Å²) in [6, 6.07) is 3.77. The number of rotatable bonds is 2. The minimum Gasteiger partial charge on any atom is -0.480 e. The van der Waals surface area contributed by atoms with Crippen LogP contribution in [-0.2, 0) is 4.79 Å². The lowest BCUT2D eigenvalue weighted by Gasteiger charge is -2.26. The lowest BCUT2D eigenvalue weighted by atomic mass is 10.1. The van der Waals surface area contributed by atoms with E-state index in [1.54, 1.807) is 12.4 Å². The molecule has 2 aromatic rings. The summed E-state index contributed by atoms with van der Waals surface area (Å²) < 4.78 is 0. The second-order valence-electron chi connectivity index (χ2n) is 4.10. The van der Waals surface area contributed by atoms with Gasteiger partial charge in [0.15, 0.2) is 0 Å². The topological polar surface area (TPSA) is 66.3 Å². The standard InChI is InChI=1S/C13H11N3O2/c17-12(18)8-16-7-1-2-9-11(16)4-3-10-13(9)15-6-5-14-10/h1-6H,7-8H2,(H,17,18). The molecule has 1 aromatic heterocycles. The Balaban J connectivity index is 2.17. The molecule has 0 bridgehead atoms. The number of carboxylic acid groups (broad SMARTS) is 1. The van der Waals surface area contributed by atoms with Crippen molar-refractivity contribution < 1.29 is 9.90 Å². The second-order valence-corrected chi connectivity index (χ2v) is 4.10. The molecule has 0 unspecified atom stereocenters. The van der Waals surface area contributed by atoms with Gasteiger partial charge in [-0.2, -0.15) is 0 Å². The zero-order valence-electron chi connectivity index (χ0n) is 9.58. The van der Waals surface area contributed by atoms with Crippen molar-refractivity contribution >= 4 is 28.8 Å². The van der Waals surface area contributed by atoms with Crippen molar-refractivity contribution in [1.82, 2.24) is 9.97 Å². The van der Waals surface area contributed by atoms with Gasteiger partial charge >= 0.3 is 5.97 Å². The van der Waals surface area contributed by atoms with E-state index in [4.69, 9.17) is 5.11 Å². The summed E-state index contributed by atoms with van der Waals surface area (Å²) in [5.41, 5.74) is 3.46. The summed E-state index contributed by atoms with van der Waals surface area (Å²) in [5, 5.41) is 8.91. The molecule has 0 spiro atoms. The summed E-state index contributed by atoms with van der Waals surface area (Å²) in [6.07, 6.45) is 7.22. The van der Waals surface area contributed by atoms with Crippen molar-refractivity contribution in [3.63, 3.8) is 0 Å². The van der Waals surface area contributed by atoms with E-state index >= 15 is 0 Å². The normalized spacial score (nSPS) is 13.7. The monoisotopic (exact) mass is 241 g/mol. The SMILES string of the molecule is O=C(O)CN1CC=Cc2c1ccc1nccnc21. The first kappa shape index (κ1) is 10.7. The zero-order chi connectivity index (χ0) is 12.5. The van der Waals surface area contributed by atoms with Crippen molar-refractivity contribution in [2.24, 2.45) is 0 Å². The van der Waals surface area contributed by atoms with E-state index in [9.17, 15) is 4.79 Å². The van der Waals surface area contributed by atoms with Crippen LogP contribution < -0.4 is 4.90 Å². The van der Waals surface area contributed by atoms with Gasteiger partial charge in [-0.1, -0.05) is 12.2 Å². The molecule has 1 aromatic carbocycles. The molecule has 0 radical (unpaired) electrons. The van der Waals surface area contributed by atoms with Crippen LogP contribution in [0.3, 0.4) is 0 Å². The maximum absolute atomic E-state index is 10.8. The maximum atomic E-state index is 10.8. The molecule has 5 nitrogen and oxygen atoms in total. The third kappa shape index (κ3) is 1.69. The fraction of sp³-hybridized carbons (Fsp3) is 0.154. The fourth-order valence-corrected chi connectivity index (χ4v) is 2.20. The van der Waals surface area contributed by atoms with Crippen LogP contribution in [0.1, 0.15) is 5.56 Å². The number of aromatic nitrogens is 2. The summed E-state index contributed by atoms with van der Waals surface area (Å²) >= 11 is 0. The lowest BCUT2D eigenvalue weighted by molar-refractivity contribution is -0.135. The quantitative estimate of drug-likeness (QED) is 0.864. The van der Waals surface area contributed by atoms with Gasteiger partial charge in [0.05, 0.1) is 11.0 Å². The number of carboxylic acids is 1. The van der Waals surface area contributed by atoms with Crippen molar-refractivity contribution in [2.45, 2.75) is 0 Å². The fourth-order valence-electron chi connectivity index (χ4n) is 2.20. The van der Waals surface area contributed by atoms with E-state index in [0.717, 1.165) is 22.3 Å². The van der Waals surface area contributed by atoms with Crippen molar-refractivity contribution in [3.05, 3.63) is 36.2 Å². The minimum absolute atomic E-state index is 0.0108. The summed E-state index contributed by atoms with van der Waals surface area (Å²) in [4.78, 5) is 21.2. The Morgan fingerprint density at radius 1 is 1.33 bits per heavy atom. The molecule has 90 valence electrons. The first-order valence-corrected chi connectivity index (χ1v) is 5.63. The Hall–Kier alpha value is -2.43. The molecular formula is C13H11N3O2. The van der Waals surface area contributed by atoms with Gasteiger partial charge in [0, 0.05) is 30.2 Å². The number of carbonyl (C=O) groups is 1. The molecule has 2 heterocycles. The number of nitrogens with zero attached hydrogens (tertiary/aromatic N) is 3. The summed E-state index contributed by atoms with van der Waals surface area (Å²) in [6.45, 7) is 0.591. The Morgan fingerprint density at radius 3 is 3.00 bits per heavy atom. The first-order valence-electron chi connectivity index (χ1n) is 5.63. The average Bonchev–Trinajstić information content (AvgIpc) is 2.38. The summed E-state index contributed by atoms with van der Waals surface area (Å²) in [5.74, 6) is -0.838. The van der Waals surface area contributed by atoms with Gasteiger partial charge in [0.2, 0.25) is 0 Å². The van der Waals surface area contributed by atoms with E-state index in [0.29, 0.717) is 6.54 Å². The van der Waals surface area contributed by atoms with Gasteiger partial charge < -0.3 is 10.0 Å². The molecule has 5 heteroatoms. The van der Waals surface area contributed by atoms with Crippen LogP contribution in [0.15, 0.2) is 30.6 Å². The highest BCUT2D eigenvalue weighted by molar-refractivity contribution is 5.93. The molecule has 18 heavy (non-hydrogen) atoms. The van der Waals surface area contributed by atoms with E-state index in [1.807, 2.05) is 29.2 Å². The number of aliphatic carboxylic acids is 1. The Morgan fingerprint density at radius 2 is 2.17 bits per heavy atom. The van der Waals surface area contributed by atoms with Crippen molar-refractivity contribution in [1.29, 1.82) is 0 Å². The molecule has 3 rings (SSSR count). The van der Waals surface area contributed by atoms with Crippen LogP contribution in [-0.4, -0.2) is 34.1 Å². The Labute approximate surface area is 103 Å². The third-order valence-electron chi connectivity index (χ3n) is 2.93. The minimum atomic E-state index is -0.838. The second kappa shape index (κ2) is 4.10. The Bertz CT molecular complexity index is 652. The number of hydrogen-bond acceptors (Lipinski definition) is 4. The predicted molar refractivity (Wildman–Crippen MR) is 68.4 cm³/mol. The van der Waals surface area contributed by atoms with E-state index in [-0.39, 0.29) is 6.54 Å². The van der Waals surface area contributed by atoms with Gasteiger partial charge in [-0.3, -0.25) is 14.8 Å². The first-order chi connectivity index (χ1) is 8.75. The van der Waals surface area contributed by atoms with E-state index in [2.05, 4.69) is 9.97 Å². The maximum Gasteiger partial charge on any atom is 0.323 e. The Kier molecular flexibility index (Phi) is 2.44. The predicted octanol–water partition coefficient (Wildman–Crippen LogP) is 1.55. The molecule has 1 aliphatic heterocycles. The van der Waals surface area contributed by atoms with Gasteiger partial charge in [0.1, 0.15) is 6.54 Å². The number of benzene rings is 1. The van der Waals surface area contributed by atoms with Crippen LogP contribution in [0.25, 0.3) is 17.1 Å². The van der Waals surface area contributed by atoms with Crippen LogP contribution in [0.2, 0.25) is 0 Å². The molecule has 0 atom stereocenters. The van der Waals surface area contributed by atoms with Crippen molar-refractivity contribution in [3.8, 4) is 0 Å². The molecule has 0 fully saturated rings. The third-order valence-corrected chi connectivity index (χ3v) is 2.93. The van der Waals surface area contributed by atoms with Gasteiger partial charge in [0.25, 0.3) is 0 Å². The molecule has 0 saturated heterocycles. The number of anilines is 1. The molecule has 0 saturated carbocycles. The number of fused-ring (bicyclic) bond motifs is 3. The average molecular weight is 241 g/mol. The number of hydrogen-bond donors (Lipinski definition) is 1. The molecule has 0 aliphatic carbocycles. The highest BCUT2D eigenvalue weighted by Crippen LogP contribution is 2.30. The van der Waals surface area contributed by atoms with Crippen LogP contribution in [0.5, 0.6) is 0 Å². The van der Waals surface area contributed by atoms with Crippen molar-refractivity contribution in [2.75, 3.05) is 18.0 Å². The highest BCUT2D eigenvalue weighted by atomic mass is 16.4.